The number of benzene rings is 3. The number of ether oxygens (including phenoxy) is 4. The summed E-state index contributed by atoms with van der Waals surface area (Å²) in [5, 5.41) is 5.51. The van der Waals surface area contributed by atoms with Crippen LogP contribution in [0.25, 0.3) is 32.4 Å². The summed E-state index contributed by atoms with van der Waals surface area (Å²) in [4.78, 5) is 12.3. The third-order valence-electron chi connectivity index (χ3n) is 6.95. The topological polar surface area (TPSA) is 57.9 Å². The number of aryl methyl sites for hydroxylation is 2. The summed E-state index contributed by atoms with van der Waals surface area (Å²) in [7, 11) is 1.64. The maximum Gasteiger partial charge on any atom is 0.231 e. The van der Waals surface area contributed by atoms with Crippen LogP contribution in [-0.2, 0) is 17.8 Å². The second kappa shape index (κ2) is 7.48. The minimum atomic E-state index is 0. The van der Waals surface area contributed by atoms with E-state index in [1.807, 2.05) is 6.07 Å². The fraction of sp³-hybridized carbons (Fsp3) is 0.308. The molecule has 0 saturated heterocycles. The first-order valence-corrected chi connectivity index (χ1v) is 11.1. The van der Waals surface area contributed by atoms with E-state index in [1.165, 1.54) is 16.5 Å². The number of pyridine rings is 1. The molecule has 33 heavy (non-hydrogen) atoms. The van der Waals surface area contributed by atoms with Gasteiger partial charge in [-0.25, -0.2) is 0 Å². The molecule has 0 N–H and O–H groups in total. The van der Waals surface area contributed by atoms with Crippen LogP contribution in [0.5, 0.6) is 23.0 Å². The summed E-state index contributed by atoms with van der Waals surface area (Å²) in [6, 6.07) is 10.4. The van der Waals surface area contributed by atoms with Gasteiger partial charge in [-0.05, 0) is 48.7 Å². The van der Waals surface area contributed by atoms with E-state index in [1.54, 1.807) is 7.11 Å². The highest BCUT2D eigenvalue weighted by Gasteiger charge is 2.32. The number of nitrogens with zero attached hydrogens (tertiary/aromatic N) is 1. The Labute approximate surface area is 200 Å². The molecule has 0 amide bonds. The zero-order valence-electron chi connectivity index (χ0n) is 18.2. The van der Waals surface area contributed by atoms with Crippen LogP contribution in [0.1, 0.15) is 18.4 Å². The van der Waals surface area contributed by atoms with Gasteiger partial charge < -0.3 is 35.9 Å². The van der Waals surface area contributed by atoms with E-state index in [0.717, 1.165) is 58.9 Å². The minimum Gasteiger partial charge on any atom is -1.00 e. The first-order chi connectivity index (χ1) is 15.7. The van der Waals surface area contributed by atoms with Crippen molar-refractivity contribution in [3.63, 3.8) is 0 Å². The van der Waals surface area contributed by atoms with Crippen molar-refractivity contribution in [2.45, 2.75) is 25.8 Å². The Morgan fingerprint density at radius 3 is 2.73 bits per heavy atom. The summed E-state index contributed by atoms with van der Waals surface area (Å²) in [5.41, 5.74) is 2.48. The van der Waals surface area contributed by atoms with Gasteiger partial charge >= 0.3 is 0 Å². The van der Waals surface area contributed by atoms with Gasteiger partial charge in [-0.1, -0.05) is 0 Å². The number of aromatic nitrogens is 1. The van der Waals surface area contributed by atoms with Crippen molar-refractivity contribution < 1.29 is 45.3 Å². The zero-order chi connectivity index (χ0) is 21.4. The highest BCUT2D eigenvalue weighted by molar-refractivity contribution is 6.17. The van der Waals surface area contributed by atoms with Gasteiger partial charge in [0, 0.05) is 23.1 Å². The van der Waals surface area contributed by atoms with Gasteiger partial charge in [0.15, 0.2) is 41.5 Å². The zero-order valence-corrected chi connectivity index (χ0v) is 19.7. The van der Waals surface area contributed by atoms with Gasteiger partial charge in [-0.15, -0.1) is 0 Å². The number of hydrogen-bond acceptors (Lipinski definition) is 5. The van der Waals surface area contributed by atoms with Crippen LogP contribution in [0.15, 0.2) is 36.5 Å². The van der Waals surface area contributed by atoms with Crippen molar-refractivity contribution in [2.24, 2.45) is 5.92 Å². The summed E-state index contributed by atoms with van der Waals surface area (Å²) >= 11 is 0. The standard InChI is InChI=1S/C26H22NO5.BrH/c1-29-21-7-6-16-17-4-5-18-23-15(10-22-25(18)32-13-31-22)8-9-27(24(17)23)11-19(16)26(21)30-12-20(28)14-2-3-14;/h4-7,10-11,14H,2-3,8-9,12-13H2,1H3;1H/q+1;/p-1. The van der Waals surface area contributed by atoms with Crippen molar-refractivity contribution >= 4 is 38.2 Å². The molecule has 0 unspecified atom stereocenters. The van der Waals surface area contributed by atoms with E-state index in [2.05, 4.69) is 35.0 Å². The maximum atomic E-state index is 12.3. The van der Waals surface area contributed by atoms with E-state index in [9.17, 15) is 4.79 Å². The smallest absolute Gasteiger partial charge is 0.231 e. The Bertz CT molecular complexity index is 1480. The molecule has 1 aliphatic carbocycles. The van der Waals surface area contributed by atoms with Crippen LogP contribution in [0.3, 0.4) is 0 Å². The Balaban J connectivity index is 0.00000206. The normalized spacial score (nSPS) is 15.8. The van der Waals surface area contributed by atoms with Crippen LogP contribution < -0.4 is 40.5 Å². The van der Waals surface area contributed by atoms with Gasteiger partial charge in [0.05, 0.1) is 23.3 Å². The van der Waals surface area contributed by atoms with Crippen molar-refractivity contribution in [3.05, 3.63) is 42.1 Å². The van der Waals surface area contributed by atoms with E-state index in [0.29, 0.717) is 11.5 Å². The molecular formula is C26H22BrNO5. The fourth-order valence-electron chi connectivity index (χ4n) is 5.21. The molecule has 3 aliphatic rings. The molecule has 0 radical (unpaired) electrons. The average molecular weight is 508 g/mol. The fourth-order valence-corrected chi connectivity index (χ4v) is 5.21. The lowest BCUT2D eigenvalue weighted by Gasteiger charge is -2.18. The number of rotatable bonds is 5. The van der Waals surface area contributed by atoms with E-state index >= 15 is 0 Å². The van der Waals surface area contributed by atoms with Gasteiger partial charge in [0.2, 0.25) is 12.3 Å². The lowest BCUT2D eigenvalue weighted by Crippen LogP contribution is -3.00. The molecule has 0 bridgehead atoms. The molecule has 1 saturated carbocycles. The van der Waals surface area contributed by atoms with E-state index in [-0.39, 0.29) is 42.1 Å². The number of carbonyl (C=O) groups is 1. The number of hydrogen-bond donors (Lipinski definition) is 0. The third-order valence-corrected chi connectivity index (χ3v) is 6.95. The number of ketones is 1. The van der Waals surface area contributed by atoms with Gasteiger partial charge in [-0.3, -0.25) is 4.79 Å². The molecule has 3 aromatic carbocycles. The van der Waals surface area contributed by atoms with Gasteiger partial charge in [-0.2, -0.15) is 4.57 Å². The second-order valence-corrected chi connectivity index (χ2v) is 8.81. The average Bonchev–Trinajstić information content (AvgIpc) is 3.57. The van der Waals surface area contributed by atoms with Crippen LogP contribution in [0, 0.1) is 5.92 Å². The first-order valence-electron chi connectivity index (χ1n) is 11.1. The van der Waals surface area contributed by atoms with Gasteiger partial charge in [0.25, 0.3) is 0 Å². The van der Waals surface area contributed by atoms with Crippen LogP contribution >= 0.6 is 0 Å². The van der Waals surface area contributed by atoms with Gasteiger partial charge in [0.1, 0.15) is 6.61 Å². The number of halogens is 1. The molecule has 2 aliphatic heterocycles. The summed E-state index contributed by atoms with van der Waals surface area (Å²) in [6.07, 6.45) is 5.01. The number of fused-ring (bicyclic) bond motifs is 4. The van der Waals surface area contributed by atoms with Crippen molar-refractivity contribution in [1.29, 1.82) is 0 Å². The molecular weight excluding hydrogens is 486 g/mol. The van der Waals surface area contributed by atoms with Crippen LogP contribution in [-0.4, -0.2) is 26.3 Å². The molecule has 7 heteroatoms. The molecule has 6 nitrogen and oxygen atoms in total. The summed E-state index contributed by atoms with van der Waals surface area (Å²) < 4.78 is 25.5. The van der Waals surface area contributed by atoms with Crippen LogP contribution in [0.4, 0.5) is 0 Å². The number of carbonyl (C=O) groups excluding carboxylic acids is 1. The molecule has 1 fully saturated rings. The second-order valence-electron chi connectivity index (χ2n) is 8.81. The Morgan fingerprint density at radius 2 is 1.91 bits per heavy atom. The summed E-state index contributed by atoms with van der Waals surface area (Å²) in [5.74, 6) is 3.30. The molecule has 0 spiro atoms. The Morgan fingerprint density at radius 1 is 1.09 bits per heavy atom. The lowest BCUT2D eigenvalue weighted by atomic mass is 9.93. The first kappa shape index (κ1) is 20.5. The predicted molar refractivity (Wildman–Crippen MR) is 119 cm³/mol. The largest absolute Gasteiger partial charge is 1.00 e. The maximum absolute atomic E-state index is 12.3. The quantitative estimate of drug-likeness (QED) is 0.299. The van der Waals surface area contributed by atoms with Crippen LogP contribution in [0.2, 0.25) is 0 Å². The van der Waals surface area contributed by atoms with E-state index in [4.69, 9.17) is 18.9 Å². The number of methoxy groups -OCH3 is 1. The molecule has 4 aromatic rings. The molecule has 3 heterocycles. The third kappa shape index (κ3) is 2.98. The van der Waals surface area contributed by atoms with E-state index < -0.39 is 0 Å². The van der Waals surface area contributed by atoms with Crippen molar-refractivity contribution in [3.8, 4) is 23.0 Å². The van der Waals surface area contributed by atoms with Crippen molar-refractivity contribution in [2.75, 3.05) is 20.5 Å². The highest BCUT2D eigenvalue weighted by Crippen LogP contribution is 2.46. The molecule has 1 aromatic heterocycles. The molecule has 168 valence electrons. The Kier molecular flexibility index (Phi) is 4.66. The SMILES string of the molecule is COc1ccc2c(c[n+]3c4c2ccc2c5c(cc(c24)CC3)OCO5)c1OCC(=O)C1CC1.[Br-]. The monoisotopic (exact) mass is 507 g/mol. The highest BCUT2D eigenvalue weighted by atomic mass is 79.9. The number of Topliss-reactive ketones (excluding diaryl/α,β-unsaturated/α-hetero) is 1. The lowest BCUT2D eigenvalue weighted by molar-refractivity contribution is -0.670. The van der Waals surface area contributed by atoms with Crippen molar-refractivity contribution in [1.82, 2.24) is 0 Å². The molecule has 7 rings (SSSR count). The minimum absolute atomic E-state index is 0. The molecule has 0 atom stereocenters. The Hall–Kier alpha value is -3.06. The summed E-state index contributed by atoms with van der Waals surface area (Å²) in [6.45, 7) is 1.21. The predicted octanol–water partition coefficient (Wildman–Crippen LogP) is 1.09.